The van der Waals surface area contributed by atoms with Gasteiger partial charge in [-0.2, -0.15) is 0 Å². The molecule has 0 aromatic heterocycles. The molecule has 0 atom stereocenters. The van der Waals surface area contributed by atoms with Crippen molar-refractivity contribution in [3.05, 3.63) is 0 Å². The Morgan fingerprint density at radius 3 is 2.33 bits per heavy atom. The molecule has 0 unspecified atom stereocenters. The molecule has 4 nitrogen and oxygen atoms in total. The molecule has 0 aliphatic rings. The number of carbonyl (C=O) groups is 1. The minimum absolute atomic E-state index is 0.0836. The van der Waals surface area contributed by atoms with E-state index in [0.717, 1.165) is 26.1 Å². The normalized spacial score (nSPS) is 12.2. The molecule has 0 saturated carbocycles. The van der Waals surface area contributed by atoms with Crippen LogP contribution >= 0.6 is 0 Å². The lowest BCUT2D eigenvalue weighted by molar-refractivity contribution is -0.121. The zero-order chi connectivity index (χ0) is 14.2. The summed E-state index contributed by atoms with van der Waals surface area (Å²) in [6, 6.07) is 0.566. The number of carbonyl (C=O) groups excluding carboxylic acids is 1. The van der Waals surface area contributed by atoms with Crippen LogP contribution in [0.15, 0.2) is 0 Å². The van der Waals surface area contributed by atoms with Gasteiger partial charge >= 0.3 is 0 Å². The van der Waals surface area contributed by atoms with Gasteiger partial charge in [-0.3, -0.25) is 4.79 Å². The Labute approximate surface area is 113 Å². The van der Waals surface area contributed by atoms with E-state index < -0.39 is 0 Å². The fourth-order valence-electron chi connectivity index (χ4n) is 1.45. The van der Waals surface area contributed by atoms with Crippen molar-refractivity contribution in [1.29, 1.82) is 0 Å². The number of amides is 1. The molecule has 0 spiro atoms. The second-order valence-electron chi connectivity index (χ2n) is 6.20. The summed E-state index contributed by atoms with van der Waals surface area (Å²) in [4.78, 5) is 13.8. The maximum atomic E-state index is 11.5. The fraction of sp³-hybridized carbons (Fsp3) is 0.929. The Hall–Kier alpha value is -0.610. The summed E-state index contributed by atoms with van der Waals surface area (Å²) in [5, 5.41) is 6.26. The highest BCUT2D eigenvalue weighted by Gasteiger charge is 2.09. The summed E-state index contributed by atoms with van der Waals surface area (Å²) in [5.41, 5.74) is 0.0836. The van der Waals surface area contributed by atoms with Crippen molar-refractivity contribution in [2.24, 2.45) is 0 Å². The monoisotopic (exact) mass is 257 g/mol. The van der Waals surface area contributed by atoms with Gasteiger partial charge in [0.25, 0.3) is 0 Å². The first kappa shape index (κ1) is 17.4. The number of nitrogens with one attached hydrogen (secondary N) is 2. The molecular weight excluding hydrogens is 226 g/mol. The van der Waals surface area contributed by atoms with Gasteiger partial charge in [-0.15, -0.1) is 0 Å². The number of hydrogen-bond acceptors (Lipinski definition) is 3. The SMILES string of the molecule is CC(C)N(C)CCCNC(=O)CCNC(C)(C)C. The largest absolute Gasteiger partial charge is 0.356 e. The van der Waals surface area contributed by atoms with E-state index in [1.165, 1.54) is 0 Å². The molecule has 18 heavy (non-hydrogen) atoms. The average molecular weight is 257 g/mol. The maximum Gasteiger partial charge on any atom is 0.221 e. The standard InChI is InChI=1S/C14H31N3O/c1-12(2)17(6)11-7-9-15-13(18)8-10-16-14(3,4)5/h12,16H,7-11H2,1-6H3,(H,15,18). The van der Waals surface area contributed by atoms with E-state index in [4.69, 9.17) is 0 Å². The third kappa shape index (κ3) is 10.5. The third-order valence-corrected chi connectivity index (χ3v) is 2.90. The van der Waals surface area contributed by atoms with Crippen molar-refractivity contribution in [2.75, 3.05) is 26.7 Å². The summed E-state index contributed by atoms with van der Waals surface area (Å²) >= 11 is 0. The Balaban J connectivity index is 3.49. The van der Waals surface area contributed by atoms with Crippen molar-refractivity contribution in [2.45, 2.75) is 59.0 Å². The van der Waals surface area contributed by atoms with Crippen LogP contribution in [0.4, 0.5) is 0 Å². The molecule has 0 aliphatic heterocycles. The van der Waals surface area contributed by atoms with E-state index in [1.54, 1.807) is 0 Å². The lowest BCUT2D eigenvalue weighted by Gasteiger charge is -2.21. The summed E-state index contributed by atoms with van der Waals surface area (Å²) in [6.07, 6.45) is 1.56. The van der Waals surface area contributed by atoms with Gasteiger partial charge < -0.3 is 15.5 Å². The average Bonchev–Trinajstić information content (AvgIpc) is 2.22. The van der Waals surface area contributed by atoms with E-state index >= 15 is 0 Å². The highest BCUT2D eigenvalue weighted by molar-refractivity contribution is 5.75. The molecule has 108 valence electrons. The summed E-state index contributed by atoms with van der Waals surface area (Å²) in [7, 11) is 2.11. The first-order chi connectivity index (χ1) is 8.22. The van der Waals surface area contributed by atoms with Crippen molar-refractivity contribution < 1.29 is 4.79 Å². The van der Waals surface area contributed by atoms with Gasteiger partial charge in [-0.1, -0.05) is 0 Å². The smallest absolute Gasteiger partial charge is 0.221 e. The summed E-state index contributed by atoms with van der Waals surface area (Å²) in [5.74, 6) is 0.138. The van der Waals surface area contributed by atoms with Gasteiger partial charge in [0.05, 0.1) is 0 Å². The second-order valence-corrected chi connectivity index (χ2v) is 6.20. The van der Waals surface area contributed by atoms with Gasteiger partial charge in [0.15, 0.2) is 0 Å². The van der Waals surface area contributed by atoms with Crippen LogP contribution in [0.3, 0.4) is 0 Å². The zero-order valence-electron chi connectivity index (χ0n) is 13.0. The van der Waals surface area contributed by atoms with Crippen LogP contribution in [-0.2, 0) is 4.79 Å². The van der Waals surface area contributed by atoms with E-state index in [1.807, 2.05) is 0 Å². The third-order valence-electron chi connectivity index (χ3n) is 2.90. The number of nitrogens with zero attached hydrogens (tertiary/aromatic N) is 1. The van der Waals surface area contributed by atoms with Crippen molar-refractivity contribution in [3.63, 3.8) is 0 Å². The second kappa shape index (κ2) is 8.48. The quantitative estimate of drug-likeness (QED) is 0.649. The molecule has 0 bridgehead atoms. The lowest BCUT2D eigenvalue weighted by Crippen LogP contribution is -2.38. The van der Waals surface area contributed by atoms with Gasteiger partial charge in [0.2, 0.25) is 5.91 Å². The minimum atomic E-state index is 0.0836. The molecule has 0 aromatic carbocycles. The van der Waals surface area contributed by atoms with Crippen LogP contribution in [0.25, 0.3) is 0 Å². The number of hydrogen-bond donors (Lipinski definition) is 2. The zero-order valence-corrected chi connectivity index (χ0v) is 13.0. The topological polar surface area (TPSA) is 44.4 Å². The number of rotatable bonds is 8. The van der Waals surface area contributed by atoms with E-state index in [2.05, 4.69) is 57.2 Å². The van der Waals surface area contributed by atoms with Gasteiger partial charge in [-0.05, 0) is 54.6 Å². The van der Waals surface area contributed by atoms with Crippen LogP contribution < -0.4 is 10.6 Å². The predicted octanol–water partition coefficient (Wildman–Crippen LogP) is 1.61. The minimum Gasteiger partial charge on any atom is -0.356 e. The molecule has 0 radical (unpaired) electrons. The first-order valence-electron chi connectivity index (χ1n) is 6.94. The van der Waals surface area contributed by atoms with Crippen molar-refractivity contribution in [3.8, 4) is 0 Å². The Bertz CT molecular complexity index is 234. The van der Waals surface area contributed by atoms with Gasteiger partial charge in [-0.25, -0.2) is 0 Å². The lowest BCUT2D eigenvalue weighted by atomic mass is 10.1. The van der Waals surface area contributed by atoms with Crippen LogP contribution in [0.2, 0.25) is 0 Å². The molecule has 1 amide bonds. The molecule has 0 heterocycles. The van der Waals surface area contributed by atoms with Gasteiger partial charge in [0, 0.05) is 31.1 Å². The van der Waals surface area contributed by atoms with Crippen LogP contribution in [0, 0.1) is 0 Å². The fourth-order valence-corrected chi connectivity index (χ4v) is 1.45. The van der Waals surface area contributed by atoms with Crippen LogP contribution in [0.5, 0.6) is 0 Å². The first-order valence-corrected chi connectivity index (χ1v) is 6.94. The molecular formula is C14H31N3O. The van der Waals surface area contributed by atoms with Crippen molar-refractivity contribution in [1.82, 2.24) is 15.5 Å². The molecule has 4 heteroatoms. The molecule has 0 aliphatic carbocycles. The highest BCUT2D eigenvalue weighted by Crippen LogP contribution is 1.98. The van der Waals surface area contributed by atoms with Crippen LogP contribution in [-0.4, -0.2) is 49.1 Å². The van der Waals surface area contributed by atoms with E-state index in [9.17, 15) is 4.79 Å². The Kier molecular flexibility index (Phi) is 8.20. The molecule has 2 N–H and O–H groups in total. The van der Waals surface area contributed by atoms with Crippen molar-refractivity contribution >= 4 is 5.91 Å². The molecule has 0 rings (SSSR count). The van der Waals surface area contributed by atoms with E-state index in [0.29, 0.717) is 12.5 Å². The van der Waals surface area contributed by atoms with E-state index in [-0.39, 0.29) is 11.4 Å². The predicted molar refractivity (Wildman–Crippen MR) is 77.8 cm³/mol. The molecule has 0 aromatic rings. The highest BCUT2D eigenvalue weighted by atomic mass is 16.1. The Morgan fingerprint density at radius 1 is 1.22 bits per heavy atom. The van der Waals surface area contributed by atoms with Crippen LogP contribution in [0.1, 0.15) is 47.5 Å². The maximum absolute atomic E-state index is 11.5. The molecule has 0 saturated heterocycles. The Morgan fingerprint density at radius 2 is 1.83 bits per heavy atom. The summed E-state index contributed by atoms with van der Waals surface area (Å²) in [6.45, 7) is 13.2. The molecule has 0 fully saturated rings. The summed E-state index contributed by atoms with van der Waals surface area (Å²) < 4.78 is 0. The van der Waals surface area contributed by atoms with Gasteiger partial charge in [0.1, 0.15) is 0 Å².